The number of nitro benzene ring substituents is 1. The van der Waals surface area contributed by atoms with Crippen molar-refractivity contribution in [3.05, 3.63) is 50.5 Å². The number of nitro groups is 1. The highest BCUT2D eigenvalue weighted by Gasteiger charge is 2.14. The maximum absolute atomic E-state index is 11.8. The summed E-state index contributed by atoms with van der Waals surface area (Å²) in [5.41, 5.74) is 5.55. The van der Waals surface area contributed by atoms with Gasteiger partial charge in [0.15, 0.2) is 0 Å². The summed E-state index contributed by atoms with van der Waals surface area (Å²) in [4.78, 5) is 25.9. The van der Waals surface area contributed by atoms with E-state index >= 15 is 0 Å². The normalized spacial score (nSPS) is 10.1. The number of hydrogen-bond acceptors (Lipinski definition) is 6. The lowest BCUT2D eigenvalue weighted by molar-refractivity contribution is -0.383. The van der Waals surface area contributed by atoms with Crippen molar-refractivity contribution in [3.8, 4) is 0 Å². The van der Waals surface area contributed by atoms with Crippen LogP contribution in [0, 0.1) is 10.1 Å². The molecule has 0 aliphatic carbocycles. The lowest BCUT2D eigenvalue weighted by atomic mass is 10.1. The first-order valence-corrected chi connectivity index (χ1v) is 6.16. The molecule has 98 valence electrons. The third-order valence-electron chi connectivity index (χ3n) is 2.37. The Balaban J connectivity index is 2.07. The first-order chi connectivity index (χ1) is 9.08. The number of amides is 1. The van der Waals surface area contributed by atoms with Crippen molar-refractivity contribution in [1.82, 2.24) is 10.3 Å². The molecular formula is C11H10N4O3S. The van der Waals surface area contributed by atoms with E-state index in [1.54, 1.807) is 6.20 Å². The van der Waals surface area contributed by atoms with E-state index in [0.717, 1.165) is 5.01 Å². The number of hydrogen-bond donors (Lipinski definition) is 2. The molecule has 1 aromatic carbocycles. The van der Waals surface area contributed by atoms with Crippen molar-refractivity contribution in [2.24, 2.45) is 0 Å². The van der Waals surface area contributed by atoms with Gasteiger partial charge in [-0.05, 0) is 12.1 Å². The molecule has 0 aliphatic rings. The zero-order valence-corrected chi connectivity index (χ0v) is 10.5. The molecule has 0 unspecified atom stereocenters. The summed E-state index contributed by atoms with van der Waals surface area (Å²) in [6.45, 7) is 0.313. The second-order valence-electron chi connectivity index (χ2n) is 3.64. The molecule has 19 heavy (non-hydrogen) atoms. The predicted molar refractivity (Wildman–Crippen MR) is 70.8 cm³/mol. The minimum absolute atomic E-state index is 0.0353. The fourth-order valence-electron chi connectivity index (χ4n) is 1.46. The number of nitrogens with zero attached hydrogens (tertiary/aromatic N) is 2. The lowest BCUT2D eigenvalue weighted by Crippen LogP contribution is -2.22. The van der Waals surface area contributed by atoms with E-state index in [-0.39, 0.29) is 22.8 Å². The molecule has 0 saturated heterocycles. The number of nitrogens with two attached hydrogens (primary N) is 1. The Kier molecular flexibility index (Phi) is 3.71. The van der Waals surface area contributed by atoms with Gasteiger partial charge in [0.2, 0.25) is 0 Å². The fourth-order valence-corrected chi connectivity index (χ4v) is 2.02. The topological polar surface area (TPSA) is 111 Å². The molecule has 1 amide bonds. The number of nitrogen functional groups attached to an aromatic ring is 1. The van der Waals surface area contributed by atoms with Crippen LogP contribution in [0.25, 0.3) is 0 Å². The molecule has 0 spiro atoms. The van der Waals surface area contributed by atoms with Gasteiger partial charge in [0.25, 0.3) is 11.6 Å². The molecule has 8 heteroatoms. The highest BCUT2D eigenvalue weighted by molar-refractivity contribution is 7.09. The monoisotopic (exact) mass is 278 g/mol. The van der Waals surface area contributed by atoms with E-state index in [9.17, 15) is 14.9 Å². The van der Waals surface area contributed by atoms with Gasteiger partial charge in [-0.1, -0.05) is 0 Å². The highest BCUT2D eigenvalue weighted by Crippen LogP contribution is 2.21. The maximum Gasteiger partial charge on any atom is 0.292 e. The van der Waals surface area contributed by atoms with Crippen LogP contribution in [-0.4, -0.2) is 15.8 Å². The van der Waals surface area contributed by atoms with Crippen LogP contribution < -0.4 is 11.1 Å². The molecule has 2 rings (SSSR count). The van der Waals surface area contributed by atoms with Crippen LogP contribution in [0.3, 0.4) is 0 Å². The Labute approximate surface area is 112 Å². The van der Waals surface area contributed by atoms with Crippen LogP contribution in [0.15, 0.2) is 29.8 Å². The quantitative estimate of drug-likeness (QED) is 0.501. The summed E-state index contributed by atoms with van der Waals surface area (Å²) in [5.74, 6) is -0.350. The number of aromatic nitrogens is 1. The Morgan fingerprint density at radius 3 is 2.89 bits per heavy atom. The summed E-state index contributed by atoms with van der Waals surface area (Å²) in [6, 6.07) is 3.87. The van der Waals surface area contributed by atoms with E-state index < -0.39 is 4.92 Å². The molecular weight excluding hydrogens is 268 g/mol. The van der Waals surface area contributed by atoms with E-state index in [4.69, 9.17) is 5.73 Å². The maximum atomic E-state index is 11.8. The number of thiazole rings is 1. The summed E-state index contributed by atoms with van der Waals surface area (Å²) in [6.07, 6.45) is 1.65. The fraction of sp³-hybridized carbons (Fsp3) is 0.0909. The van der Waals surface area contributed by atoms with Crippen LogP contribution in [0.2, 0.25) is 0 Å². The van der Waals surface area contributed by atoms with Gasteiger partial charge in [0.1, 0.15) is 10.7 Å². The third kappa shape index (κ3) is 3.05. The number of anilines is 1. The number of benzene rings is 1. The zero-order valence-electron chi connectivity index (χ0n) is 9.70. The van der Waals surface area contributed by atoms with Gasteiger partial charge in [0.05, 0.1) is 11.5 Å². The largest absolute Gasteiger partial charge is 0.393 e. The molecule has 2 aromatic rings. The molecule has 0 fully saturated rings. The molecule has 0 atom stereocenters. The second-order valence-corrected chi connectivity index (χ2v) is 4.62. The number of carbonyl (C=O) groups is 1. The van der Waals surface area contributed by atoms with Gasteiger partial charge in [-0.2, -0.15) is 0 Å². The molecule has 1 aromatic heterocycles. The van der Waals surface area contributed by atoms with E-state index in [1.165, 1.54) is 29.5 Å². The standard InChI is InChI=1S/C11H10N4O3S/c12-8-5-7(1-2-9(8)15(17)18)11(16)14-6-10-13-3-4-19-10/h1-5H,6,12H2,(H,14,16). The van der Waals surface area contributed by atoms with Crippen molar-refractivity contribution in [2.75, 3.05) is 5.73 Å². The van der Waals surface area contributed by atoms with Gasteiger partial charge in [-0.3, -0.25) is 14.9 Å². The van der Waals surface area contributed by atoms with Gasteiger partial charge in [-0.15, -0.1) is 11.3 Å². The first-order valence-electron chi connectivity index (χ1n) is 5.28. The van der Waals surface area contributed by atoms with Crippen molar-refractivity contribution in [2.45, 2.75) is 6.54 Å². The third-order valence-corrected chi connectivity index (χ3v) is 3.15. The number of nitrogens with one attached hydrogen (secondary N) is 1. The van der Waals surface area contributed by atoms with E-state index in [2.05, 4.69) is 10.3 Å². The molecule has 3 N–H and O–H groups in total. The van der Waals surface area contributed by atoms with Gasteiger partial charge in [-0.25, -0.2) is 4.98 Å². The van der Waals surface area contributed by atoms with Crippen LogP contribution in [0.4, 0.5) is 11.4 Å². The predicted octanol–water partition coefficient (Wildman–Crippen LogP) is 1.56. The minimum atomic E-state index is -0.591. The van der Waals surface area contributed by atoms with Crippen molar-refractivity contribution < 1.29 is 9.72 Å². The van der Waals surface area contributed by atoms with E-state index in [1.807, 2.05) is 5.38 Å². The Morgan fingerprint density at radius 1 is 1.53 bits per heavy atom. The van der Waals surface area contributed by atoms with Gasteiger partial charge in [0, 0.05) is 23.2 Å². The first kappa shape index (κ1) is 13.0. The average Bonchev–Trinajstić information content (AvgIpc) is 2.88. The van der Waals surface area contributed by atoms with Crippen LogP contribution in [0.5, 0.6) is 0 Å². The van der Waals surface area contributed by atoms with Crippen molar-refractivity contribution in [3.63, 3.8) is 0 Å². The number of carbonyl (C=O) groups excluding carboxylic acids is 1. The van der Waals surface area contributed by atoms with Gasteiger partial charge < -0.3 is 11.1 Å². The Bertz CT molecular complexity index is 612. The summed E-state index contributed by atoms with van der Waals surface area (Å²) < 4.78 is 0. The summed E-state index contributed by atoms with van der Waals surface area (Å²) in [7, 11) is 0. The average molecular weight is 278 g/mol. The zero-order chi connectivity index (χ0) is 13.8. The van der Waals surface area contributed by atoms with Crippen molar-refractivity contribution in [1.29, 1.82) is 0 Å². The molecule has 7 nitrogen and oxygen atoms in total. The molecule has 0 bridgehead atoms. The summed E-state index contributed by atoms with van der Waals surface area (Å²) >= 11 is 1.43. The highest BCUT2D eigenvalue weighted by atomic mass is 32.1. The Hall–Kier alpha value is -2.48. The summed E-state index contributed by atoms with van der Waals surface area (Å²) in [5, 5.41) is 15.9. The SMILES string of the molecule is Nc1cc(C(=O)NCc2nccs2)ccc1[N+](=O)[O-]. The molecule has 0 radical (unpaired) electrons. The smallest absolute Gasteiger partial charge is 0.292 e. The lowest BCUT2D eigenvalue weighted by Gasteiger charge is -2.04. The van der Waals surface area contributed by atoms with Crippen LogP contribution in [-0.2, 0) is 6.54 Å². The Morgan fingerprint density at radius 2 is 2.32 bits per heavy atom. The van der Waals surface area contributed by atoms with Crippen molar-refractivity contribution >= 4 is 28.6 Å². The van der Waals surface area contributed by atoms with Crippen LogP contribution in [0.1, 0.15) is 15.4 Å². The molecule has 0 aliphatic heterocycles. The van der Waals surface area contributed by atoms with E-state index in [0.29, 0.717) is 6.54 Å². The molecule has 0 saturated carbocycles. The number of rotatable bonds is 4. The molecule has 1 heterocycles. The van der Waals surface area contributed by atoms with Crippen LogP contribution >= 0.6 is 11.3 Å². The second kappa shape index (κ2) is 5.44. The minimum Gasteiger partial charge on any atom is -0.393 e. The van der Waals surface area contributed by atoms with Gasteiger partial charge >= 0.3 is 0 Å².